The van der Waals surface area contributed by atoms with Crippen molar-refractivity contribution in [3.05, 3.63) is 0 Å². The molecule has 2 amide bonds. The van der Waals surface area contributed by atoms with Crippen LogP contribution in [0.3, 0.4) is 0 Å². The van der Waals surface area contributed by atoms with Crippen molar-refractivity contribution in [3.63, 3.8) is 0 Å². The number of carboxylic acid groups (broad SMARTS) is 1. The van der Waals surface area contributed by atoms with Gasteiger partial charge in [0.25, 0.3) is 0 Å². The Labute approximate surface area is 113 Å². The van der Waals surface area contributed by atoms with E-state index in [4.69, 9.17) is 9.84 Å². The molecule has 108 valence electrons. The predicted octanol–water partition coefficient (Wildman–Crippen LogP) is 1.01. The van der Waals surface area contributed by atoms with Crippen molar-refractivity contribution in [1.82, 2.24) is 9.80 Å². The molecule has 2 rings (SSSR count). The van der Waals surface area contributed by atoms with Crippen molar-refractivity contribution in [2.24, 2.45) is 5.92 Å². The number of hydrogen-bond acceptors (Lipinski definition) is 3. The topological polar surface area (TPSA) is 70.1 Å². The third-order valence-corrected chi connectivity index (χ3v) is 3.65. The summed E-state index contributed by atoms with van der Waals surface area (Å²) < 4.78 is 5.40. The second kappa shape index (κ2) is 6.23. The molecule has 1 aliphatic carbocycles. The van der Waals surface area contributed by atoms with Crippen LogP contribution in [-0.2, 0) is 9.53 Å². The quantitative estimate of drug-likeness (QED) is 0.809. The highest BCUT2D eigenvalue weighted by Gasteiger charge is 2.35. The Bertz CT molecular complexity index is 338. The van der Waals surface area contributed by atoms with Crippen molar-refractivity contribution >= 4 is 12.0 Å². The van der Waals surface area contributed by atoms with E-state index >= 15 is 0 Å². The minimum absolute atomic E-state index is 0.119. The van der Waals surface area contributed by atoms with E-state index in [0.717, 1.165) is 32.3 Å². The lowest BCUT2D eigenvalue weighted by atomic mass is 10.0. The van der Waals surface area contributed by atoms with Crippen LogP contribution in [0.5, 0.6) is 0 Å². The Balaban J connectivity index is 1.86. The minimum atomic E-state index is -0.949. The van der Waals surface area contributed by atoms with Crippen molar-refractivity contribution in [1.29, 1.82) is 0 Å². The van der Waals surface area contributed by atoms with Crippen LogP contribution in [0.15, 0.2) is 0 Å². The van der Waals surface area contributed by atoms with Gasteiger partial charge in [0.2, 0.25) is 0 Å². The van der Waals surface area contributed by atoms with Crippen molar-refractivity contribution in [2.45, 2.75) is 31.7 Å². The van der Waals surface area contributed by atoms with Gasteiger partial charge < -0.3 is 19.6 Å². The molecule has 19 heavy (non-hydrogen) atoms. The molecular weight excluding hydrogens is 248 g/mol. The Morgan fingerprint density at radius 1 is 1.32 bits per heavy atom. The average Bonchev–Trinajstić information content (AvgIpc) is 3.20. The number of ether oxygens (including phenoxy) is 1. The van der Waals surface area contributed by atoms with E-state index < -0.39 is 5.97 Å². The molecule has 6 nitrogen and oxygen atoms in total. The highest BCUT2D eigenvalue weighted by Crippen LogP contribution is 2.27. The number of aliphatic carboxylic acids is 1. The van der Waals surface area contributed by atoms with E-state index in [9.17, 15) is 9.59 Å². The van der Waals surface area contributed by atoms with Gasteiger partial charge in [0, 0.05) is 32.2 Å². The summed E-state index contributed by atoms with van der Waals surface area (Å²) in [7, 11) is 1.74. The molecule has 0 radical (unpaired) electrons. The molecule has 0 aromatic rings. The lowest BCUT2D eigenvalue weighted by Gasteiger charge is -2.31. The molecule has 1 saturated heterocycles. The second-order valence-corrected chi connectivity index (χ2v) is 5.50. The molecule has 1 N–H and O–H groups in total. The standard InChI is InChI=1S/C13H22N2O4/c1-14(7-10-3-2-6-19-9-10)13(18)15(8-12(16)17)11-4-5-11/h10-11H,2-9H2,1H3,(H,16,17). The van der Waals surface area contributed by atoms with Crippen LogP contribution < -0.4 is 0 Å². The van der Waals surface area contributed by atoms with E-state index in [1.807, 2.05) is 0 Å². The summed E-state index contributed by atoms with van der Waals surface area (Å²) in [6.07, 6.45) is 3.94. The molecule has 1 aliphatic heterocycles. The normalized spacial score (nSPS) is 22.9. The first-order valence-electron chi connectivity index (χ1n) is 6.89. The second-order valence-electron chi connectivity index (χ2n) is 5.50. The maximum Gasteiger partial charge on any atom is 0.323 e. The summed E-state index contributed by atoms with van der Waals surface area (Å²) in [4.78, 5) is 26.2. The number of nitrogens with zero attached hydrogens (tertiary/aromatic N) is 2. The molecule has 2 aliphatic rings. The van der Waals surface area contributed by atoms with Crippen LogP contribution in [0, 0.1) is 5.92 Å². The van der Waals surface area contributed by atoms with E-state index in [0.29, 0.717) is 19.1 Å². The largest absolute Gasteiger partial charge is 0.480 e. The predicted molar refractivity (Wildman–Crippen MR) is 68.9 cm³/mol. The van der Waals surface area contributed by atoms with Gasteiger partial charge in [-0.15, -0.1) is 0 Å². The molecule has 1 unspecified atom stereocenters. The fourth-order valence-corrected chi connectivity index (χ4v) is 2.52. The van der Waals surface area contributed by atoms with Crippen molar-refractivity contribution < 1.29 is 19.4 Å². The maximum atomic E-state index is 12.3. The molecular formula is C13H22N2O4. The lowest BCUT2D eigenvalue weighted by Crippen LogP contribution is -2.47. The van der Waals surface area contributed by atoms with Gasteiger partial charge >= 0.3 is 12.0 Å². The average molecular weight is 270 g/mol. The van der Waals surface area contributed by atoms with Gasteiger partial charge in [-0.25, -0.2) is 4.79 Å². The van der Waals surface area contributed by atoms with Gasteiger partial charge in [-0.05, 0) is 25.7 Å². The number of urea groups is 1. The zero-order chi connectivity index (χ0) is 13.8. The first kappa shape index (κ1) is 14.1. The van der Waals surface area contributed by atoms with Gasteiger partial charge in [-0.3, -0.25) is 4.79 Å². The summed E-state index contributed by atoms with van der Waals surface area (Å²) in [6.45, 7) is 1.94. The number of carbonyl (C=O) groups is 2. The van der Waals surface area contributed by atoms with E-state index in [1.165, 1.54) is 4.90 Å². The smallest absolute Gasteiger partial charge is 0.323 e. The Morgan fingerprint density at radius 2 is 2.05 bits per heavy atom. The molecule has 0 aromatic heterocycles. The molecule has 1 saturated carbocycles. The molecule has 6 heteroatoms. The first-order chi connectivity index (χ1) is 9.08. The summed E-state index contributed by atoms with van der Waals surface area (Å²) in [5.74, 6) is -0.580. The Kier molecular flexibility index (Phi) is 4.63. The van der Waals surface area contributed by atoms with Crippen molar-refractivity contribution in [3.8, 4) is 0 Å². The van der Waals surface area contributed by atoms with Crippen LogP contribution >= 0.6 is 0 Å². The fraction of sp³-hybridized carbons (Fsp3) is 0.846. The molecule has 2 fully saturated rings. The van der Waals surface area contributed by atoms with Crippen LogP contribution in [0.1, 0.15) is 25.7 Å². The lowest BCUT2D eigenvalue weighted by molar-refractivity contribution is -0.137. The van der Waals surface area contributed by atoms with Crippen LogP contribution in [0.2, 0.25) is 0 Å². The van der Waals surface area contributed by atoms with Gasteiger partial charge in [-0.2, -0.15) is 0 Å². The molecule has 1 heterocycles. The molecule has 0 spiro atoms. The van der Waals surface area contributed by atoms with Crippen LogP contribution in [0.25, 0.3) is 0 Å². The Morgan fingerprint density at radius 3 is 2.58 bits per heavy atom. The van der Waals surface area contributed by atoms with Crippen molar-refractivity contribution in [2.75, 3.05) is 33.4 Å². The van der Waals surface area contributed by atoms with Gasteiger partial charge in [0.05, 0.1) is 6.61 Å². The summed E-state index contributed by atoms with van der Waals surface area (Å²) in [5.41, 5.74) is 0. The molecule has 1 atom stereocenters. The first-order valence-corrected chi connectivity index (χ1v) is 6.89. The highest BCUT2D eigenvalue weighted by atomic mass is 16.5. The van der Waals surface area contributed by atoms with Gasteiger partial charge in [0.15, 0.2) is 0 Å². The monoisotopic (exact) mass is 270 g/mol. The summed E-state index contributed by atoms with van der Waals surface area (Å²) >= 11 is 0. The number of carbonyl (C=O) groups excluding carboxylic acids is 1. The zero-order valence-corrected chi connectivity index (χ0v) is 11.4. The minimum Gasteiger partial charge on any atom is -0.480 e. The molecule has 0 bridgehead atoms. The number of rotatable bonds is 5. The summed E-state index contributed by atoms with van der Waals surface area (Å²) in [6, 6.07) is -0.0517. The third kappa shape index (κ3) is 4.09. The van der Waals surface area contributed by atoms with E-state index in [2.05, 4.69) is 0 Å². The van der Waals surface area contributed by atoms with Crippen LogP contribution in [-0.4, -0.2) is 66.3 Å². The van der Waals surface area contributed by atoms with Gasteiger partial charge in [0.1, 0.15) is 6.54 Å². The highest BCUT2D eigenvalue weighted by molar-refractivity contribution is 5.80. The third-order valence-electron chi connectivity index (χ3n) is 3.65. The fourth-order valence-electron chi connectivity index (χ4n) is 2.52. The van der Waals surface area contributed by atoms with E-state index in [1.54, 1.807) is 11.9 Å². The zero-order valence-electron chi connectivity index (χ0n) is 11.4. The summed E-state index contributed by atoms with van der Waals surface area (Å²) in [5, 5.41) is 8.88. The number of amides is 2. The van der Waals surface area contributed by atoms with E-state index in [-0.39, 0.29) is 18.6 Å². The van der Waals surface area contributed by atoms with Gasteiger partial charge in [-0.1, -0.05) is 0 Å². The molecule has 0 aromatic carbocycles. The SMILES string of the molecule is CN(CC1CCCOC1)C(=O)N(CC(=O)O)C1CC1. The van der Waals surface area contributed by atoms with Crippen LogP contribution in [0.4, 0.5) is 4.79 Å². The number of hydrogen-bond donors (Lipinski definition) is 1. The maximum absolute atomic E-state index is 12.3. The Hall–Kier alpha value is -1.30. The number of carboxylic acids is 1.